The predicted molar refractivity (Wildman–Crippen MR) is 112 cm³/mol. The highest BCUT2D eigenvalue weighted by Gasteiger charge is 2.18. The number of anilines is 2. The van der Waals surface area contributed by atoms with Crippen LogP contribution < -0.4 is 10.6 Å². The molecule has 0 atom stereocenters. The number of hydrogen-bond acceptors (Lipinski definition) is 6. The fourth-order valence-electron chi connectivity index (χ4n) is 3.73. The Bertz CT molecular complexity index is 1040. The van der Waals surface area contributed by atoms with Crippen LogP contribution in [0.25, 0.3) is 5.52 Å². The summed E-state index contributed by atoms with van der Waals surface area (Å²) in [4.78, 5) is 19.4. The van der Waals surface area contributed by atoms with E-state index in [9.17, 15) is 9.90 Å². The fraction of sp³-hybridized carbons (Fsp3) is 0.381. The molecule has 1 fully saturated rings. The van der Waals surface area contributed by atoms with E-state index in [-0.39, 0.29) is 11.7 Å². The average molecular weight is 394 g/mol. The summed E-state index contributed by atoms with van der Waals surface area (Å²) in [7, 11) is 0. The van der Waals surface area contributed by atoms with Gasteiger partial charge in [-0.2, -0.15) is 5.10 Å². The number of aromatic hydroxyl groups is 1. The van der Waals surface area contributed by atoms with E-state index >= 15 is 0 Å². The highest BCUT2D eigenvalue weighted by molar-refractivity contribution is 5.99. The second-order valence-corrected chi connectivity index (χ2v) is 7.50. The van der Waals surface area contributed by atoms with Crippen molar-refractivity contribution in [1.82, 2.24) is 24.8 Å². The summed E-state index contributed by atoms with van der Waals surface area (Å²) in [6.07, 6.45) is 5.66. The Morgan fingerprint density at radius 1 is 1.24 bits per heavy atom. The van der Waals surface area contributed by atoms with Gasteiger partial charge in [0.05, 0.1) is 5.56 Å². The molecule has 0 aliphatic carbocycles. The average Bonchev–Trinajstić information content (AvgIpc) is 3.33. The number of benzene rings is 1. The van der Waals surface area contributed by atoms with Crippen LogP contribution >= 0.6 is 0 Å². The molecule has 1 aliphatic rings. The number of hydrogen-bond donors (Lipinski definition) is 3. The van der Waals surface area contributed by atoms with E-state index in [0.717, 1.165) is 36.3 Å². The highest BCUT2D eigenvalue weighted by atomic mass is 16.3. The number of carbonyl (C=O) groups is 1. The second kappa shape index (κ2) is 8.08. The predicted octanol–water partition coefficient (Wildman–Crippen LogP) is 2.62. The van der Waals surface area contributed by atoms with Crippen LogP contribution in [0.3, 0.4) is 0 Å². The van der Waals surface area contributed by atoms with Gasteiger partial charge in [-0.25, -0.2) is 9.50 Å². The maximum Gasteiger partial charge on any atom is 0.253 e. The van der Waals surface area contributed by atoms with Gasteiger partial charge >= 0.3 is 0 Å². The minimum Gasteiger partial charge on any atom is -0.508 e. The topological polar surface area (TPSA) is 94.8 Å². The number of aromatic nitrogens is 3. The first kappa shape index (κ1) is 19.2. The molecular formula is C21H26N6O2. The van der Waals surface area contributed by atoms with Crippen LogP contribution in [0, 0.1) is 13.8 Å². The van der Waals surface area contributed by atoms with Crippen LogP contribution in [-0.2, 0) is 0 Å². The molecule has 0 saturated carbocycles. The first-order chi connectivity index (χ1) is 14.0. The molecule has 3 heterocycles. The third-order valence-electron chi connectivity index (χ3n) is 5.46. The van der Waals surface area contributed by atoms with Gasteiger partial charge in [0.25, 0.3) is 5.91 Å². The molecule has 2 aromatic heterocycles. The standard InChI is InChI=1S/C21H26N6O2/c1-14-5-6-16(11-18(14)28)25-20-19-15(2)17(12-27(19)24-13-23-20)21(29)22-7-10-26-8-3-4-9-26/h5-6,11-13,28H,3-4,7-10H2,1-2H3,(H,22,29)(H,23,24,25). The molecule has 1 aliphatic heterocycles. The molecule has 3 N–H and O–H groups in total. The van der Waals surface area contributed by atoms with E-state index in [0.29, 0.717) is 23.6 Å². The maximum atomic E-state index is 12.7. The number of nitrogens with one attached hydrogen (secondary N) is 2. The Morgan fingerprint density at radius 3 is 2.79 bits per heavy atom. The van der Waals surface area contributed by atoms with Crippen LogP contribution in [0.15, 0.2) is 30.7 Å². The quantitative estimate of drug-likeness (QED) is 0.595. The fourth-order valence-corrected chi connectivity index (χ4v) is 3.73. The van der Waals surface area contributed by atoms with E-state index in [1.165, 1.54) is 19.2 Å². The molecule has 152 valence electrons. The molecule has 0 radical (unpaired) electrons. The van der Waals surface area contributed by atoms with E-state index in [1.807, 2.05) is 26.0 Å². The van der Waals surface area contributed by atoms with Gasteiger partial charge in [-0.1, -0.05) is 6.07 Å². The van der Waals surface area contributed by atoms with E-state index in [4.69, 9.17) is 0 Å². The lowest BCUT2D eigenvalue weighted by atomic mass is 10.1. The van der Waals surface area contributed by atoms with Crippen LogP contribution in [0.4, 0.5) is 11.5 Å². The molecule has 29 heavy (non-hydrogen) atoms. The van der Waals surface area contributed by atoms with Gasteiger partial charge in [0, 0.05) is 31.0 Å². The molecule has 1 amide bonds. The smallest absolute Gasteiger partial charge is 0.253 e. The zero-order valence-electron chi connectivity index (χ0n) is 16.8. The van der Waals surface area contributed by atoms with Crippen molar-refractivity contribution in [1.29, 1.82) is 0 Å². The molecule has 0 unspecified atom stereocenters. The van der Waals surface area contributed by atoms with Gasteiger partial charge in [0.2, 0.25) is 0 Å². The molecule has 4 rings (SSSR count). The minimum atomic E-state index is -0.105. The Kier molecular flexibility index (Phi) is 5.35. The van der Waals surface area contributed by atoms with Gasteiger partial charge < -0.3 is 20.6 Å². The lowest BCUT2D eigenvalue weighted by molar-refractivity contribution is 0.0949. The first-order valence-electron chi connectivity index (χ1n) is 9.93. The van der Waals surface area contributed by atoms with Crippen molar-refractivity contribution in [2.45, 2.75) is 26.7 Å². The SMILES string of the molecule is Cc1ccc(Nc2ncnn3cc(C(=O)NCCN4CCCC4)c(C)c23)cc1O. The van der Waals surface area contributed by atoms with E-state index in [2.05, 4.69) is 25.6 Å². The number of likely N-dealkylation sites (tertiary alicyclic amines) is 1. The summed E-state index contributed by atoms with van der Waals surface area (Å²) >= 11 is 0. The maximum absolute atomic E-state index is 12.7. The van der Waals surface area contributed by atoms with Crippen molar-refractivity contribution in [2.75, 3.05) is 31.5 Å². The van der Waals surface area contributed by atoms with E-state index < -0.39 is 0 Å². The lowest BCUT2D eigenvalue weighted by Gasteiger charge is -2.14. The number of phenols is 1. The van der Waals surface area contributed by atoms with Crippen LogP contribution in [0.2, 0.25) is 0 Å². The molecule has 8 nitrogen and oxygen atoms in total. The van der Waals surface area contributed by atoms with Crippen molar-refractivity contribution in [3.05, 3.63) is 47.4 Å². The van der Waals surface area contributed by atoms with Crippen molar-refractivity contribution >= 4 is 22.9 Å². The lowest BCUT2D eigenvalue weighted by Crippen LogP contribution is -2.33. The Morgan fingerprint density at radius 2 is 2.03 bits per heavy atom. The third kappa shape index (κ3) is 4.02. The van der Waals surface area contributed by atoms with Gasteiger partial charge in [-0.15, -0.1) is 0 Å². The van der Waals surface area contributed by atoms with Crippen molar-refractivity contribution < 1.29 is 9.90 Å². The van der Waals surface area contributed by atoms with Crippen molar-refractivity contribution in [2.24, 2.45) is 0 Å². The number of rotatable bonds is 6. The summed E-state index contributed by atoms with van der Waals surface area (Å²) in [6.45, 7) is 7.47. The third-order valence-corrected chi connectivity index (χ3v) is 5.46. The van der Waals surface area contributed by atoms with Crippen LogP contribution in [0.1, 0.15) is 34.3 Å². The van der Waals surface area contributed by atoms with E-state index in [1.54, 1.807) is 16.8 Å². The molecule has 3 aromatic rings. The number of fused-ring (bicyclic) bond motifs is 1. The highest BCUT2D eigenvalue weighted by Crippen LogP contribution is 2.27. The number of nitrogens with zero attached hydrogens (tertiary/aromatic N) is 4. The van der Waals surface area contributed by atoms with Crippen molar-refractivity contribution in [3.63, 3.8) is 0 Å². The zero-order chi connectivity index (χ0) is 20.4. The summed E-state index contributed by atoms with van der Waals surface area (Å²) < 4.78 is 1.66. The Balaban J connectivity index is 1.54. The first-order valence-corrected chi connectivity index (χ1v) is 9.93. The molecular weight excluding hydrogens is 368 g/mol. The molecule has 1 aromatic carbocycles. The van der Waals surface area contributed by atoms with Gasteiger partial charge in [-0.05, 0) is 57.0 Å². The van der Waals surface area contributed by atoms with Gasteiger partial charge in [0.1, 0.15) is 17.6 Å². The van der Waals surface area contributed by atoms with Crippen molar-refractivity contribution in [3.8, 4) is 5.75 Å². The summed E-state index contributed by atoms with van der Waals surface area (Å²) in [5.41, 5.74) is 3.64. The van der Waals surface area contributed by atoms with Gasteiger partial charge in [0.15, 0.2) is 5.82 Å². The second-order valence-electron chi connectivity index (χ2n) is 7.50. The summed E-state index contributed by atoms with van der Waals surface area (Å²) in [5.74, 6) is 0.688. The minimum absolute atomic E-state index is 0.105. The zero-order valence-corrected chi connectivity index (χ0v) is 16.8. The molecule has 0 spiro atoms. The van der Waals surface area contributed by atoms with Crippen LogP contribution in [-0.4, -0.2) is 56.7 Å². The number of phenolic OH excluding ortho intramolecular Hbond substituents is 1. The molecule has 0 bridgehead atoms. The number of amides is 1. The monoisotopic (exact) mass is 394 g/mol. The Hall–Kier alpha value is -3.13. The molecule has 8 heteroatoms. The summed E-state index contributed by atoms with van der Waals surface area (Å²) in [5, 5.41) is 20.4. The summed E-state index contributed by atoms with van der Waals surface area (Å²) in [6, 6.07) is 5.36. The van der Waals surface area contributed by atoms with Gasteiger partial charge in [-0.3, -0.25) is 4.79 Å². The number of carbonyl (C=O) groups excluding carboxylic acids is 1. The number of aryl methyl sites for hydroxylation is 2. The molecule has 1 saturated heterocycles. The largest absolute Gasteiger partial charge is 0.508 e. The normalized spacial score (nSPS) is 14.4. The Labute approximate surface area is 169 Å². The van der Waals surface area contributed by atoms with Crippen LogP contribution in [0.5, 0.6) is 5.75 Å².